The molecule has 1 aliphatic rings. The smallest absolute Gasteiger partial charge is 0.411 e. The van der Waals surface area contributed by atoms with Crippen molar-refractivity contribution in [2.45, 2.75) is 37.8 Å². The summed E-state index contributed by atoms with van der Waals surface area (Å²) >= 11 is 3.42. The van der Waals surface area contributed by atoms with Crippen LogP contribution in [0.5, 0.6) is 0 Å². The summed E-state index contributed by atoms with van der Waals surface area (Å²) < 4.78 is 45.6. The van der Waals surface area contributed by atoms with Gasteiger partial charge in [0.1, 0.15) is 11.4 Å². The maximum Gasteiger partial charge on any atom is 0.411 e. The van der Waals surface area contributed by atoms with Crippen molar-refractivity contribution in [1.29, 1.82) is 0 Å². The lowest BCUT2D eigenvalue weighted by molar-refractivity contribution is -0.0662. The highest BCUT2D eigenvalue weighted by Crippen LogP contribution is 2.40. The van der Waals surface area contributed by atoms with Gasteiger partial charge >= 0.3 is 6.09 Å². The van der Waals surface area contributed by atoms with E-state index in [4.69, 9.17) is 4.74 Å². The average Bonchev–Trinajstić information content (AvgIpc) is 2.71. The summed E-state index contributed by atoms with van der Waals surface area (Å²) in [5, 5.41) is 0. The zero-order valence-electron chi connectivity index (χ0n) is 17.5. The molecule has 0 aromatic heterocycles. The van der Waals surface area contributed by atoms with Gasteiger partial charge in [-0.3, -0.25) is 0 Å². The summed E-state index contributed by atoms with van der Waals surface area (Å²) in [6.45, 7) is 2.65. The molecule has 1 fully saturated rings. The molecule has 3 rings (SSSR count). The van der Waals surface area contributed by atoms with Crippen LogP contribution in [-0.2, 0) is 20.4 Å². The minimum absolute atomic E-state index is 0.168. The van der Waals surface area contributed by atoms with Crippen molar-refractivity contribution in [3.63, 3.8) is 0 Å². The van der Waals surface area contributed by atoms with Crippen LogP contribution in [0.4, 0.5) is 9.18 Å². The van der Waals surface area contributed by atoms with E-state index < -0.39 is 21.7 Å². The lowest BCUT2D eigenvalue weighted by atomic mass is 9.84. The first-order chi connectivity index (χ1) is 14.6. The number of rotatable bonds is 8. The fourth-order valence-electron chi connectivity index (χ4n) is 3.85. The van der Waals surface area contributed by atoms with Crippen LogP contribution in [-0.4, -0.2) is 38.8 Å². The van der Waals surface area contributed by atoms with Gasteiger partial charge < -0.3 is 9.64 Å². The summed E-state index contributed by atoms with van der Waals surface area (Å²) in [6, 6.07) is 13.5. The normalized spacial score (nSPS) is 20.4. The van der Waals surface area contributed by atoms with Gasteiger partial charge in [-0.2, -0.15) is 0 Å². The number of ether oxygens (including phenoxy) is 1. The Morgan fingerprint density at radius 3 is 2.42 bits per heavy atom. The van der Waals surface area contributed by atoms with Crippen molar-refractivity contribution in [3.05, 3.63) is 69.9 Å². The molecule has 2 atom stereocenters. The molecule has 1 aliphatic heterocycles. The standard InChI is InChI=1S/C22H26BrFN2O4S/c1-16(17-4-8-19(23)9-5-17)26-15-13-22(30-21(26)27,12-3-14-25-31(2,28)29)18-6-10-20(24)11-7-18/h4-11,16,25H,3,12-15H2,1-2H3/t16-,22?/m0/s1. The van der Waals surface area contributed by atoms with Gasteiger partial charge in [0.25, 0.3) is 0 Å². The summed E-state index contributed by atoms with van der Waals surface area (Å²) in [7, 11) is -3.30. The van der Waals surface area contributed by atoms with E-state index in [0.717, 1.165) is 16.3 Å². The molecule has 1 saturated heterocycles. The molecule has 31 heavy (non-hydrogen) atoms. The van der Waals surface area contributed by atoms with Crippen molar-refractivity contribution >= 4 is 32.0 Å². The maximum absolute atomic E-state index is 13.5. The average molecular weight is 513 g/mol. The molecule has 168 valence electrons. The molecule has 2 aromatic carbocycles. The molecule has 0 spiro atoms. The number of amides is 1. The Morgan fingerprint density at radius 2 is 1.84 bits per heavy atom. The molecule has 9 heteroatoms. The molecule has 1 N–H and O–H groups in total. The number of nitrogens with zero attached hydrogens (tertiary/aromatic N) is 1. The molecule has 1 amide bonds. The highest BCUT2D eigenvalue weighted by atomic mass is 79.9. The fraction of sp³-hybridized carbons (Fsp3) is 0.409. The van der Waals surface area contributed by atoms with E-state index in [0.29, 0.717) is 31.4 Å². The Kier molecular flexibility index (Phi) is 7.39. The third-order valence-corrected chi connectivity index (χ3v) is 6.84. The fourth-order valence-corrected chi connectivity index (χ4v) is 4.63. The van der Waals surface area contributed by atoms with Crippen molar-refractivity contribution in [3.8, 4) is 0 Å². The molecule has 1 unspecified atom stereocenters. The number of carbonyl (C=O) groups excluding carboxylic acids is 1. The third-order valence-electron chi connectivity index (χ3n) is 5.59. The Labute approximate surface area is 191 Å². The van der Waals surface area contributed by atoms with Crippen LogP contribution in [0.3, 0.4) is 0 Å². The molecule has 0 aliphatic carbocycles. The zero-order valence-corrected chi connectivity index (χ0v) is 19.9. The van der Waals surface area contributed by atoms with Crippen molar-refractivity contribution in [2.24, 2.45) is 0 Å². The van der Waals surface area contributed by atoms with Crippen LogP contribution in [0.25, 0.3) is 0 Å². The maximum atomic E-state index is 13.5. The number of halogens is 2. The quantitative estimate of drug-likeness (QED) is 0.519. The number of cyclic esters (lactones) is 1. The van der Waals surface area contributed by atoms with Gasteiger partial charge in [0.05, 0.1) is 12.3 Å². The van der Waals surface area contributed by atoms with E-state index in [1.165, 1.54) is 12.1 Å². The Balaban J connectivity index is 1.78. The summed E-state index contributed by atoms with van der Waals surface area (Å²) in [4.78, 5) is 14.7. The Hall–Kier alpha value is -1.97. The molecular formula is C22H26BrFN2O4S. The van der Waals surface area contributed by atoms with Crippen LogP contribution in [0, 0.1) is 5.82 Å². The van der Waals surface area contributed by atoms with Gasteiger partial charge in [-0.1, -0.05) is 40.2 Å². The van der Waals surface area contributed by atoms with Gasteiger partial charge in [0.15, 0.2) is 0 Å². The van der Waals surface area contributed by atoms with Crippen LogP contribution in [0.1, 0.15) is 43.4 Å². The highest BCUT2D eigenvalue weighted by molar-refractivity contribution is 9.10. The van der Waals surface area contributed by atoms with Gasteiger partial charge in [0, 0.05) is 24.0 Å². The predicted molar refractivity (Wildman–Crippen MR) is 121 cm³/mol. The number of hydrogen-bond acceptors (Lipinski definition) is 4. The summed E-state index contributed by atoms with van der Waals surface area (Å²) in [6.07, 6.45) is 2.07. The summed E-state index contributed by atoms with van der Waals surface area (Å²) in [5.41, 5.74) is 0.768. The van der Waals surface area contributed by atoms with E-state index in [-0.39, 0.29) is 18.4 Å². The summed E-state index contributed by atoms with van der Waals surface area (Å²) in [5.74, 6) is -0.370. The van der Waals surface area contributed by atoms with Crippen LogP contribution < -0.4 is 4.72 Å². The molecule has 0 bridgehead atoms. The van der Waals surface area contributed by atoms with E-state index in [9.17, 15) is 17.6 Å². The van der Waals surface area contributed by atoms with E-state index in [1.807, 2.05) is 31.2 Å². The SMILES string of the molecule is C[C@@H](c1ccc(Br)cc1)N1CCC(CCCNS(C)(=O)=O)(c2ccc(F)cc2)OC1=O. The molecule has 0 radical (unpaired) electrons. The van der Waals surface area contributed by atoms with Crippen LogP contribution in [0.15, 0.2) is 53.0 Å². The largest absolute Gasteiger partial charge is 0.438 e. The van der Waals surface area contributed by atoms with Crippen molar-refractivity contribution in [1.82, 2.24) is 9.62 Å². The monoisotopic (exact) mass is 512 g/mol. The van der Waals surface area contributed by atoms with Crippen LogP contribution >= 0.6 is 15.9 Å². The lowest BCUT2D eigenvalue weighted by Gasteiger charge is -2.43. The molecule has 6 nitrogen and oxygen atoms in total. The van der Waals surface area contributed by atoms with Gasteiger partial charge in [0.2, 0.25) is 10.0 Å². The highest BCUT2D eigenvalue weighted by Gasteiger charge is 2.43. The first-order valence-electron chi connectivity index (χ1n) is 10.1. The molecule has 0 saturated carbocycles. The second kappa shape index (κ2) is 9.67. The lowest BCUT2D eigenvalue weighted by Crippen LogP contribution is -2.49. The van der Waals surface area contributed by atoms with Gasteiger partial charge in [-0.05, 0) is 55.2 Å². The number of benzene rings is 2. The van der Waals surface area contributed by atoms with E-state index in [2.05, 4.69) is 20.7 Å². The second-order valence-corrected chi connectivity index (χ2v) is 10.6. The van der Waals surface area contributed by atoms with E-state index >= 15 is 0 Å². The number of sulfonamides is 1. The van der Waals surface area contributed by atoms with Crippen molar-refractivity contribution in [2.75, 3.05) is 19.3 Å². The Morgan fingerprint density at radius 1 is 1.19 bits per heavy atom. The first-order valence-corrected chi connectivity index (χ1v) is 12.7. The topological polar surface area (TPSA) is 75.7 Å². The number of nitrogens with one attached hydrogen (secondary N) is 1. The minimum atomic E-state index is -3.30. The van der Waals surface area contributed by atoms with Crippen molar-refractivity contribution < 1.29 is 22.3 Å². The van der Waals surface area contributed by atoms with Gasteiger partial charge in [-0.15, -0.1) is 0 Å². The Bertz CT molecular complexity index is 1010. The zero-order chi connectivity index (χ0) is 22.6. The minimum Gasteiger partial charge on any atom is -0.438 e. The van der Waals surface area contributed by atoms with Gasteiger partial charge in [-0.25, -0.2) is 22.3 Å². The predicted octanol–water partition coefficient (Wildman–Crippen LogP) is 4.72. The van der Waals surface area contributed by atoms with E-state index in [1.54, 1.807) is 17.0 Å². The third kappa shape index (κ3) is 6.05. The molecular weight excluding hydrogens is 487 g/mol. The number of hydrogen-bond donors (Lipinski definition) is 1. The molecule has 2 aromatic rings. The first kappa shape index (κ1) is 23.7. The van der Waals surface area contributed by atoms with Crippen LogP contribution in [0.2, 0.25) is 0 Å². The number of carbonyl (C=O) groups is 1. The second-order valence-electron chi connectivity index (χ2n) is 7.81. The molecule has 1 heterocycles.